The van der Waals surface area contributed by atoms with Crippen LogP contribution >= 0.6 is 0 Å². The molecule has 2 N–H and O–H groups in total. The molecule has 2 rings (SSSR count). The first-order chi connectivity index (χ1) is 10.1. The molecule has 0 spiro atoms. The lowest BCUT2D eigenvalue weighted by Gasteiger charge is -2.25. The van der Waals surface area contributed by atoms with Crippen LogP contribution in [0.4, 0.5) is 5.69 Å². The van der Waals surface area contributed by atoms with Crippen LogP contribution in [0, 0.1) is 16.0 Å². The van der Waals surface area contributed by atoms with Gasteiger partial charge in [-0.25, -0.2) is 0 Å². The van der Waals surface area contributed by atoms with Gasteiger partial charge in [0.1, 0.15) is 5.75 Å². The fraction of sp³-hybridized carbons (Fsp3) is 0.600. The zero-order chi connectivity index (χ0) is 15.2. The zero-order valence-electron chi connectivity index (χ0n) is 12.2. The topological polar surface area (TPSA) is 84.6 Å². The monoisotopic (exact) mass is 294 g/mol. The minimum Gasteiger partial charge on any atom is -0.496 e. The minimum absolute atomic E-state index is 0.0772. The molecule has 0 radical (unpaired) electrons. The van der Waals surface area contributed by atoms with Crippen molar-refractivity contribution in [3.8, 4) is 5.75 Å². The Bertz CT molecular complexity index is 485. The van der Waals surface area contributed by atoms with Gasteiger partial charge >= 0.3 is 0 Å². The molecule has 0 amide bonds. The largest absolute Gasteiger partial charge is 0.496 e. The van der Waals surface area contributed by atoms with E-state index in [1.165, 1.54) is 6.07 Å². The summed E-state index contributed by atoms with van der Waals surface area (Å²) in [4.78, 5) is 10.4. The highest BCUT2D eigenvalue weighted by Gasteiger charge is 2.19. The zero-order valence-corrected chi connectivity index (χ0v) is 12.2. The number of nitro benzene ring substituents is 1. The molecule has 1 aromatic rings. The number of nitrogens with one attached hydrogen (secondary N) is 1. The van der Waals surface area contributed by atoms with Crippen molar-refractivity contribution in [1.82, 2.24) is 5.32 Å². The van der Waals surface area contributed by atoms with Gasteiger partial charge in [0.05, 0.1) is 18.1 Å². The smallest absolute Gasteiger partial charge is 0.270 e. The van der Waals surface area contributed by atoms with Crippen molar-refractivity contribution in [3.05, 3.63) is 33.9 Å². The van der Waals surface area contributed by atoms with Gasteiger partial charge in [0.15, 0.2) is 0 Å². The predicted octanol–water partition coefficient (Wildman–Crippen LogP) is 2.24. The van der Waals surface area contributed by atoms with E-state index in [-0.39, 0.29) is 11.8 Å². The van der Waals surface area contributed by atoms with Crippen molar-refractivity contribution in [2.24, 2.45) is 5.92 Å². The molecule has 21 heavy (non-hydrogen) atoms. The molecular weight excluding hydrogens is 272 g/mol. The summed E-state index contributed by atoms with van der Waals surface area (Å²) in [6.45, 7) is 1.41. The Morgan fingerprint density at radius 3 is 2.71 bits per heavy atom. The molecule has 0 unspecified atom stereocenters. The van der Waals surface area contributed by atoms with Crippen LogP contribution in [0.25, 0.3) is 0 Å². The van der Waals surface area contributed by atoms with Gasteiger partial charge in [0.25, 0.3) is 5.69 Å². The molecule has 116 valence electrons. The third-order valence-corrected chi connectivity index (χ3v) is 4.04. The van der Waals surface area contributed by atoms with Crippen LogP contribution < -0.4 is 10.1 Å². The molecule has 0 heterocycles. The second-order valence-electron chi connectivity index (χ2n) is 5.56. The first-order valence-electron chi connectivity index (χ1n) is 7.30. The van der Waals surface area contributed by atoms with Crippen LogP contribution in [-0.2, 0) is 6.54 Å². The second kappa shape index (κ2) is 7.38. The maximum Gasteiger partial charge on any atom is 0.270 e. The van der Waals surface area contributed by atoms with Crippen molar-refractivity contribution in [3.63, 3.8) is 0 Å². The van der Waals surface area contributed by atoms with E-state index >= 15 is 0 Å². The maximum absolute atomic E-state index is 10.8. The lowest BCUT2D eigenvalue weighted by molar-refractivity contribution is -0.384. The predicted molar refractivity (Wildman–Crippen MR) is 79.3 cm³/mol. The number of nitrogens with zero attached hydrogens (tertiary/aromatic N) is 1. The molecule has 0 aromatic heterocycles. The summed E-state index contributed by atoms with van der Waals surface area (Å²) in [6.07, 6.45) is 3.65. The highest BCUT2D eigenvalue weighted by molar-refractivity contribution is 5.43. The van der Waals surface area contributed by atoms with Crippen molar-refractivity contribution in [2.45, 2.75) is 38.3 Å². The summed E-state index contributed by atoms with van der Waals surface area (Å²) in [5.41, 5.74) is 0.871. The van der Waals surface area contributed by atoms with E-state index in [0.29, 0.717) is 18.2 Å². The normalized spacial score (nSPS) is 22.0. The fourth-order valence-electron chi connectivity index (χ4n) is 2.78. The van der Waals surface area contributed by atoms with Crippen molar-refractivity contribution in [1.29, 1.82) is 0 Å². The average molecular weight is 294 g/mol. The lowest BCUT2D eigenvalue weighted by Crippen LogP contribution is -2.27. The van der Waals surface area contributed by atoms with E-state index in [4.69, 9.17) is 4.74 Å². The highest BCUT2D eigenvalue weighted by Crippen LogP contribution is 2.25. The quantitative estimate of drug-likeness (QED) is 0.621. The maximum atomic E-state index is 10.8. The molecule has 6 nitrogen and oxygen atoms in total. The van der Waals surface area contributed by atoms with Crippen LogP contribution in [0.5, 0.6) is 5.75 Å². The van der Waals surface area contributed by atoms with Gasteiger partial charge < -0.3 is 15.2 Å². The summed E-state index contributed by atoms with van der Waals surface area (Å²) in [5, 5.41) is 23.6. The Labute approximate surface area is 124 Å². The molecule has 1 aromatic carbocycles. The van der Waals surface area contributed by atoms with Crippen LogP contribution in [-0.4, -0.2) is 29.8 Å². The standard InChI is InChI=1S/C15H22N2O4/c1-21-15-7-4-13(17(19)20)8-12(15)10-16-9-11-2-5-14(18)6-3-11/h4,7-8,11,14,16,18H,2-3,5-6,9-10H2,1H3. The molecule has 1 aliphatic carbocycles. The molecule has 1 aliphatic rings. The first kappa shape index (κ1) is 15.7. The van der Waals surface area contributed by atoms with Crippen LogP contribution in [0.15, 0.2) is 18.2 Å². The molecule has 1 fully saturated rings. The van der Waals surface area contributed by atoms with E-state index in [1.807, 2.05) is 0 Å². The van der Waals surface area contributed by atoms with E-state index in [9.17, 15) is 15.2 Å². The van der Waals surface area contributed by atoms with Crippen molar-refractivity contribution < 1.29 is 14.8 Å². The van der Waals surface area contributed by atoms with Crippen molar-refractivity contribution in [2.75, 3.05) is 13.7 Å². The van der Waals surface area contributed by atoms with E-state index in [2.05, 4.69) is 5.32 Å². The Morgan fingerprint density at radius 2 is 2.10 bits per heavy atom. The summed E-state index contributed by atoms with van der Waals surface area (Å²) in [6, 6.07) is 4.63. The Hall–Kier alpha value is -1.66. The SMILES string of the molecule is COc1ccc([N+](=O)[O-])cc1CNCC1CCC(O)CC1. The molecule has 0 saturated heterocycles. The third-order valence-electron chi connectivity index (χ3n) is 4.04. The van der Waals surface area contributed by atoms with Crippen LogP contribution in [0.3, 0.4) is 0 Å². The van der Waals surface area contributed by atoms with Crippen LogP contribution in [0.2, 0.25) is 0 Å². The number of aliphatic hydroxyl groups excluding tert-OH is 1. The second-order valence-corrected chi connectivity index (χ2v) is 5.56. The van der Waals surface area contributed by atoms with Gasteiger partial charge in [-0.2, -0.15) is 0 Å². The number of benzene rings is 1. The van der Waals surface area contributed by atoms with E-state index < -0.39 is 4.92 Å². The third kappa shape index (κ3) is 4.41. The number of non-ortho nitro benzene ring substituents is 1. The van der Waals surface area contributed by atoms with Gasteiger partial charge in [0.2, 0.25) is 0 Å². The Kier molecular flexibility index (Phi) is 5.52. The first-order valence-corrected chi connectivity index (χ1v) is 7.30. The summed E-state index contributed by atoms with van der Waals surface area (Å²) in [5.74, 6) is 1.23. The fourth-order valence-corrected chi connectivity index (χ4v) is 2.78. The van der Waals surface area contributed by atoms with Crippen LogP contribution in [0.1, 0.15) is 31.2 Å². The number of methoxy groups -OCH3 is 1. The van der Waals surface area contributed by atoms with Gasteiger partial charge in [-0.3, -0.25) is 10.1 Å². The number of nitro groups is 1. The number of hydrogen-bond acceptors (Lipinski definition) is 5. The number of hydrogen-bond donors (Lipinski definition) is 2. The lowest BCUT2D eigenvalue weighted by atomic mass is 9.87. The summed E-state index contributed by atoms with van der Waals surface area (Å²) >= 11 is 0. The Balaban J connectivity index is 1.89. The minimum atomic E-state index is -0.397. The summed E-state index contributed by atoms with van der Waals surface area (Å²) < 4.78 is 5.24. The molecular formula is C15H22N2O4. The number of ether oxygens (including phenoxy) is 1. The number of aliphatic hydroxyl groups is 1. The molecule has 6 heteroatoms. The van der Waals surface area contributed by atoms with Gasteiger partial charge in [0, 0.05) is 24.2 Å². The molecule has 0 atom stereocenters. The van der Waals surface area contributed by atoms with Gasteiger partial charge in [-0.1, -0.05) is 0 Å². The van der Waals surface area contributed by atoms with E-state index in [0.717, 1.165) is 37.8 Å². The molecule has 0 aliphatic heterocycles. The molecule has 1 saturated carbocycles. The van der Waals surface area contributed by atoms with Gasteiger partial charge in [-0.15, -0.1) is 0 Å². The Morgan fingerprint density at radius 1 is 1.38 bits per heavy atom. The number of rotatable bonds is 6. The average Bonchev–Trinajstić information content (AvgIpc) is 2.49. The highest BCUT2D eigenvalue weighted by atomic mass is 16.6. The summed E-state index contributed by atoms with van der Waals surface area (Å²) in [7, 11) is 1.56. The molecule has 0 bridgehead atoms. The van der Waals surface area contributed by atoms with Gasteiger partial charge in [-0.05, 0) is 44.2 Å². The van der Waals surface area contributed by atoms with Crippen molar-refractivity contribution >= 4 is 5.69 Å². The van der Waals surface area contributed by atoms with E-state index in [1.54, 1.807) is 19.2 Å².